The summed E-state index contributed by atoms with van der Waals surface area (Å²) < 4.78 is 0. The number of aryl methyl sites for hydroxylation is 1. The summed E-state index contributed by atoms with van der Waals surface area (Å²) in [6, 6.07) is 12.6. The van der Waals surface area contributed by atoms with Crippen LogP contribution in [0, 0.1) is 6.92 Å². The molecule has 6 nitrogen and oxygen atoms in total. The zero-order valence-electron chi connectivity index (χ0n) is 17.7. The molecule has 2 aromatic rings. The van der Waals surface area contributed by atoms with Crippen molar-refractivity contribution < 1.29 is 0 Å². The van der Waals surface area contributed by atoms with Crippen molar-refractivity contribution in [3.63, 3.8) is 0 Å². The van der Waals surface area contributed by atoms with Gasteiger partial charge in [-0.25, -0.2) is 9.98 Å². The van der Waals surface area contributed by atoms with Crippen LogP contribution in [0.2, 0.25) is 0 Å². The number of anilines is 1. The number of hydrogen-bond acceptors (Lipinski definition) is 4. The van der Waals surface area contributed by atoms with Crippen molar-refractivity contribution in [2.45, 2.75) is 26.9 Å². The average molecular weight is 508 g/mol. The van der Waals surface area contributed by atoms with Crippen LogP contribution in [0.25, 0.3) is 0 Å². The molecule has 1 aliphatic heterocycles. The number of aromatic nitrogens is 1. The third-order valence-corrected chi connectivity index (χ3v) is 4.96. The maximum absolute atomic E-state index is 4.75. The Hall–Kier alpha value is -1.87. The smallest absolute Gasteiger partial charge is 0.191 e. The molecule has 1 aliphatic rings. The Labute approximate surface area is 191 Å². The number of nitrogens with one attached hydrogen (secondary N) is 2. The Bertz CT molecular complexity index is 786. The first-order valence-corrected chi connectivity index (χ1v) is 10.1. The molecule has 7 heteroatoms. The van der Waals surface area contributed by atoms with Crippen LogP contribution < -0.4 is 15.5 Å². The molecule has 29 heavy (non-hydrogen) atoms. The van der Waals surface area contributed by atoms with E-state index >= 15 is 0 Å². The molecule has 0 saturated carbocycles. The van der Waals surface area contributed by atoms with Crippen LogP contribution in [0.3, 0.4) is 0 Å². The molecule has 1 aromatic heterocycles. The molecule has 0 amide bonds. The van der Waals surface area contributed by atoms with E-state index in [1.165, 1.54) is 16.7 Å². The van der Waals surface area contributed by atoms with Gasteiger partial charge in [0.05, 0.1) is 6.54 Å². The molecule has 2 heterocycles. The number of pyridine rings is 1. The maximum Gasteiger partial charge on any atom is 0.191 e. The highest BCUT2D eigenvalue weighted by atomic mass is 127. The number of nitrogens with zero attached hydrogens (tertiary/aromatic N) is 4. The van der Waals surface area contributed by atoms with E-state index in [-0.39, 0.29) is 24.0 Å². The minimum absolute atomic E-state index is 0. The van der Waals surface area contributed by atoms with E-state index in [0.717, 1.165) is 44.5 Å². The number of hydrogen-bond donors (Lipinski definition) is 2. The number of guanidine groups is 1. The number of aliphatic imine (C=N–C) groups is 1. The fourth-order valence-corrected chi connectivity index (χ4v) is 3.37. The van der Waals surface area contributed by atoms with Crippen molar-refractivity contribution in [2.24, 2.45) is 4.99 Å². The lowest BCUT2D eigenvalue weighted by atomic mass is 10.1. The van der Waals surface area contributed by atoms with Crippen molar-refractivity contribution in [1.29, 1.82) is 0 Å². The predicted octanol–water partition coefficient (Wildman–Crippen LogP) is 3.02. The predicted molar refractivity (Wildman–Crippen MR) is 132 cm³/mol. The Morgan fingerprint density at radius 3 is 2.62 bits per heavy atom. The van der Waals surface area contributed by atoms with Crippen molar-refractivity contribution >= 4 is 35.8 Å². The van der Waals surface area contributed by atoms with Gasteiger partial charge in [0.1, 0.15) is 5.82 Å². The monoisotopic (exact) mass is 508 g/mol. The second-order valence-electron chi connectivity index (χ2n) is 7.31. The van der Waals surface area contributed by atoms with Crippen molar-refractivity contribution in [3.8, 4) is 0 Å². The zero-order valence-corrected chi connectivity index (χ0v) is 20.0. The standard InChI is InChI=1S/C22H32N6.HI/c1-4-23-22(25-16-19-8-5-7-18(2)15-19)26-17-20-9-6-10-24-21(20)28-13-11-27(3)12-14-28;/h5-10,15H,4,11-14,16-17H2,1-3H3,(H2,23,25,26);1H. The average Bonchev–Trinajstić information content (AvgIpc) is 2.71. The highest BCUT2D eigenvalue weighted by molar-refractivity contribution is 14.0. The van der Waals surface area contributed by atoms with Crippen LogP contribution in [0.4, 0.5) is 5.82 Å². The van der Waals surface area contributed by atoms with Gasteiger partial charge in [0.25, 0.3) is 0 Å². The second-order valence-corrected chi connectivity index (χ2v) is 7.31. The number of benzene rings is 1. The summed E-state index contributed by atoms with van der Waals surface area (Å²) in [5.74, 6) is 1.91. The first-order valence-electron chi connectivity index (χ1n) is 10.1. The van der Waals surface area contributed by atoms with Crippen molar-refractivity contribution in [3.05, 3.63) is 59.3 Å². The summed E-state index contributed by atoms with van der Waals surface area (Å²) in [6.07, 6.45) is 1.88. The van der Waals surface area contributed by atoms with Crippen LogP contribution in [0.1, 0.15) is 23.6 Å². The van der Waals surface area contributed by atoms with Crippen LogP contribution in [-0.2, 0) is 13.1 Å². The highest BCUT2D eigenvalue weighted by Crippen LogP contribution is 2.18. The fourth-order valence-electron chi connectivity index (χ4n) is 3.37. The molecule has 0 radical (unpaired) electrons. The van der Waals surface area contributed by atoms with Gasteiger partial charge in [-0.2, -0.15) is 0 Å². The molecule has 158 valence electrons. The van der Waals surface area contributed by atoms with Gasteiger partial charge in [-0.1, -0.05) is 35.9 Å². The van der Waals surface area contributed by atoms with E-state index in [4.69, 9.17) is 4.99 Å². The van der Waals surface area contributed by atoms with Gasteiger partial charge in [0.2, 0.25) is 0 Å². The second kappa shape index (κ2) is 12.0. The van der Waals surface area contributed by atoms with Gasteiger partial charge in [0, 0.05) is 51.0 Å². The van der Waals surface area contributed by atoms with Gasteiger partial charge < -0.3 is 20.4 Å². The van der Waals surface area contributed by atoms with E-state index in [1.807, 2.05) is 12.3 Å². The lowest BCUT2D eigenvalue weighted by Crippen LogP contribution is -2.45. The molecule has 0 spiro atoms. The summed E-state index contributed by atoms with van der Waals surface area (Å²) in [5.41, 5.74) is 3.68. The van der Waals surface area contributed by atoms with Gasteiger partial charge in [0.15, 0.2) is 5.96 Å². The van der Waals surface area contributed by atoms with E-state index in [1.54, 1.807) is 0 Å². The van der Waals surface area contributed by atoms with Crippen LogP contribution in [0.15, 0.2) is 47.6 Å². The van der Waals surface area contributed by atoms with E-state index in [2.05, 4.69) is 76.6 Å². The Balaban J connectivity index is 0.00000300. The normalized spacial score (nSPS) is 15.0. The third-order valence-electron chi connectivity index (χ3n) is 4.96. The Kier molecular flexibility index (Phi) is 9.66. The fraction of sp³-hybridized carbons (Fsp3) is 0.455. The molecule has 0 unspecified atom stereocenters. The molecule has 0 atom stereocenters. The molecule has 0 bridgehead atoms. The molecule has 3 rings (SSSR count). The van der Waals surface area contributed by atoms with E-state index < -0.39 is 0 Å². The summed E-state index contributed by atoms with van der Waals surface area (Å²) >= 11 is 0. The van der Waals surface area contributed by atoms with Gasteiger partial charge in [-0.3, -0.25) is 0 Å². The maximum atomic E-state index is 4.75. The highest BCUT2D eigenvalue weighted by Gasteiger charge is 2.17. The van der Waals surface area contributed by atoms with E-state index in [9.17, 15) is 0 Å². The summed E-state index contributed by atoms with van der Waals surface area (Å²) in [6.45, 7) is 10.6. The first kappa shape index (κ1) is 23.4. The molecular formula is C22H33IN6. The zero-order chi connectivity index (χ0) is 19.8. The third kappa shape index (κ3) is 7.15. The number of halogens is 1. The molecular weight excluding hydrogens is 475 g/mol. The minimum atomic E-state index is 0. The number of likely N-dealkylation sites (N-methyl/N-ethyl adjacent to an activating group) is 1. The minimum Gasteiger partial charge on any atom is -0.357 e. The molecule has 1 aromatic carbocycles. The van der Waals surface area contributed by atoms with Crippen LogP contribution >= 0.6 is 24.0 Å². The quantitative estimate of drug-likeness (QED) is 0.357. The molecule has 0 aliphatic carbocycles. The topological polar surface area (TPSA) is 55.8 Å². The summed E-state index contributed by atoms with van der Waals surface area (Å²) in [4.78, 5) is 14.1. The summed E-state index contributed by atoms with van der Waals surface area (Å²) in [7, 11) is 2.17. The Morgan fingerprint density at radius 2 is 1.90 bits per heavy atom. The number of rotatable bonds is 6. The van der Waals surface area contributed by atoms with Crippen molar-refractivity contribution in [2.75, 3.05) is 44.7 Å². The number of piperazine rings is 1. The lowest BCUT2D eigenvalue weighted by molar-refractivity contribution is 0.312. The SMILES string of the molecule is CCNC(=NCc1cccc(C)c1)NCc1cccnc1N1CCN(C)CC1.I. The molecule has 2 N–H and O–H groups in total. The van der Waals surface area contributed by atoms with Gasteiger partial charge in [-0.15, -0.1) is 24.0 Å². The van der Waals surface area contributed by atoms with Gasteiger partial charge in [-0.05, 0) is 32.5 Å². The summed E-state index contributed by atoms with van der Waals surface area (Å²) in [5, 5.41) is 6.81. The lowest BCUT2D eigenvalue weighted by Gasteiger charge is -2.34. The largest absolute Gasteiger partial charge is 0.357 e. The van der Waals surface area contributed by atoms with Crippen molar-refractivity contribution in [1.82, 2.24) is 20.5 Å². The van der Waals surface area contributed by atoms with E-state index in [0.29, 0.717) is 13.1 Å². The first-order chi connectivity index (χ1) is 13.7. The van der Waals surface area contributed by atoms with Gasteiger partial charge >= 0.3 is 0 Å². The van der Waals surface area contributed by atoms with Crippen LogP contribution in [0.5, 0.6) is 0 Å². The van der Waals surface area contributed by atoms with Crippen LogP contribution in [-0.4, -0.2) is 55.6 Å². The Morgan fingerprint density at radius 1 is 1.10 bits per heavy atom. The molecule has 1 fully saturated rings. The molecule has 1 saturated heterocycles.